The van der Waals surface area contributed by atoms with Gasteiger partial charge in [-0.25, -0.2) is 4.98 Å². The van der Waals surface area contributed by atoms with Crippen LogP contribution < -0.4 is 5.32 Å². The van der Waals surface area contributed by atoms with Crippen molar-refractivity contribution in [2.45, 2.75) is 25.8 Å². The Labute approximate surface area is 72.2 Å². The summed E-state index contributed by atoms with van der Waals surface area (Å²) in [5.74, 6) is 1.53. The van der Waals surface area contributed by atoms with Crippen LogP contribution in [0.4, 0.5) is 0 Å². The lowest BCUT2D eigenvalue weighted by Crippen LogP contribution is -2.18. The minimum absolute atomic E-state index is 0.405. The molecule has 3 heteroatoms. The Kier molecular flexibility index (Phi) is 1.89. The Balaban J connectivity index is 2.15. The van der Waals surface area contributed by atoms with E-state index in [1.165, 1.54) is 12.8 Å². The van der Waals surface area contributed by atoms with E-state index in [0.717, 1.165) is 17.5 Å². The average Bonchev–Trinajstić information content (AvgIpc) is 2.78. The lowest BCUT2D eigenvalue weighted by molar-refractivity contribution is 0.501. The van der Waals surface area contributed by atoms with Gasteiger partial charge in [-0.15, -0.1) is 0 Å². The van der Waals surface area contributed by atoms with Crippen molar-refractivity contribution in [2.24, 2.45) is 5.92 Å². The second-order valence-corrected chi connectivity index (χ2v) is 3.40. The minimum atomic E-state index is 0.405. The van der Waals surface area contributed by atoms with E-state index in [2.05, 4.69) is 10.3 Å². The molecule has 1 aromatic heterocycles. The van der Waals surface area contributed by atoms with E-state index in [1.54, 1.807) is 6.26 Å². The molecule has 1 aliphatic carbocycles. The van der Waals surface area contributed by atoms with Crippen molar-refractivity contribution in [1.82, 2.24) is 10.3 Å². The van der Waals surface area contributed by atoms with Crippen molar-refractivity contribution < 1.29 is 4.42 Å². The Morgan fingerprint density at radius 2 is 2.42 bits per heavy atom. The fraction of sp³-hybridized carbons (Fsp3) is 0.667. The van der Waals surface area contributed by atoms with Crippen LogP contribution >= 0.6 is 0 Å². The van der Waals surface area contributed by atoms with Crippen LogP contribution in [-0.2, 0) is 0 Å². The molecule has 1 fully saturated rings. The highest BCUT2D eigenvalue weighted by molar-refractivity contribution is 5.07. The highest BCUT2D eigenvalue weighted by atomic mass is 16.3. The van der Waals surface area contributed by atoms with E-state index >= 15 is 0 Å². The third-order valence-electron chi connectivity index (χ3n) is 2.36. The molecule has 1 unspecified atom stereocenters. The maximum Gasteiger partial charge on any atom is 0.191 e. The molecule has 0 radical (unpaired) electrons. The molecular formula is C9H14N2O. The van der Waals surface area contributed by atoms with Crippen molar-refractivity contribution >= 4 is 0 Å². The summed E-state index contributed by atoms with van der Waals surface area (Å²) in [6.45, 7) is 1.88. The summed E-state index contributed by atoms with van der Waals surface area (Å²) in [7, 11) is 1.98. The second kappa shape index (κ2) is 2.90. The molecule has 2 rings (SSSR count). The third kappa shape index (κ3) is 1.37. The van der Waals surface area contributed by atoms with E-state index in [-0.39, 0.29) is 0 Å². The topological polar surface area (TPSA) is 38.1 Å². The zero-order valence-electron chi connectivity index (χ0n) is 7.50. The molecule has 12 heavy (non-hydrogen) atoms. The Hall–Kier alpha value is -0.830. The number of oxazole rings is 1. The fourth-order valence-corrected chi connectivity index (χ4v) is 1.58. The summed E-state index contributed by atoms with van der Waals surface area (Å²) >= 11 is 0. The first-order valence-corrected chi connectivity index (χ1v) is 4.40. The molecule has 1 aromatic rings. The van der Waals surface area contributed by atoms with Crippen LogP contribution in [0.1, 0.15) is 30.5 Å². The molecule has 66 valence electrons. The molecule has 1 N–H and O–H groups in total. The SMILES string of the molecule is CNC(c1coc(C)n1)C1CC1. The summed E-state index contributed by atoms with van der Waals surface area (Å²) in [5, 5.41) is 3.27. The predicted octanol–water partition coefficient (Wildman–Crippen LogP) is 1.65. The number of nitrogens with one attached hydrogen (secondary N) is 1. The number of aromatic nitrogens is 1. The molecule has 0 amide bonds. The zero-order valence-corrected chi connectivity index (χ0v) is 7.50. The monoisotopic (exact) mass is 166 g/mol. The summed E-state index contributed by atoms with van der Waals surface area (Å²) in [5.41, 5.74) is 1.05. The van der Waals surface area contributed by atoms with Gasteiger partial charge in [-0.3, -0.25) is 0 Å². The van der Waals surface area contributed by atoms with Crippen molar-refractivity contribution in [1.29, 1.82) is 0 Å². The van der Waals surface area contributed by atoms with Gasteiger partial charge in [-0.2, -0.15) is 0 Å². The van der Waals surface area contributed by atoms with Gasteiger partial charge in [0.25, 0.3) is 0 Å². The molecule has 0 aliphatic heterocycles. The molecule has 1 heterocycles. The largest absolute Gasteiger partial charge is 0.449 e. The Morgan fingerprint density at radius 3 is 2.83 bits per heavy atom. The maximum absolute atomic E-state index is 5.17. The van der Waals surface area contributed by atoms with E-state index < -0.39 is 0 Å². The second-order valence-electron chi connectivity index (χ2n) is 3.40. The van der Waals surface area contributed by atoms with Crippen molar-refractivity contribution in [3.05, 3.63) is 17.8 Å². The van der Waals surface area contributed by atoms with Gasteiger partial charge in [0.2, 0.25) is 0 Å². The van der Waals surface area contributed by atoms with Gasteiger partial charge >= 0.3 is 0 Å². The van der Waals surface area contributed by atoms with Crippen LogP contribution in [0, 0.1) is 12.8 Å². The summed E-state index contributed by atoms with van der Waals surface area (Å²) in [6.07, 6.45) is 4.39. The highest BCUT2D eigenvalue weighted by Crippen LogP contribution is 2.40. The number of aryl methyl sites for hydroxylation is 1. The molecule has 1 aliphatic rings. The maximum atomic E-state index is 5.17. The van der Waals surface area contributed by atoms with Gasteiger partial charge in [0.05, 0.1) is 11.7 Å². The van der Waals surface area contributed by atoms with Crippen LogP contribution in [0.15, 0.2) is 10.7 Å². The van der Waals surface area contributed by atoms with E-state index in [1.807, 2.05) is 14.0 Å². The van der Waals surface area contributed by atoms with Crippen molar-refractivity contribution in [3.8, 4) is 0 Å². The molecular weight excluding hydrogens is 152 g/mol. The molecule has 1 atom stereocenters. The average molecular weight is 166 g/mol. The highest BCUT2D eigenvalue weighted by Gasteiger charge is 2.32. The van der Waals surface area contributed by atoms with Crippen LogP contribution in [0.3, 0.4) is 0 Å². The van der Waals surface area contributed by atoms with Crippen molar-refractivity contribution in [2.75, 3.05) is 7.05 Å². The van der Waals surface area contributed by atoms with Gasteiger partial charge in [0, 0.05) is 6.92 Å². The Bertz CT molecular complexity index is 265. The first-order chi connectivity index (χ1) is 5.81. The third-order valence-corrected chi connectivity index (χ3v) is 2.36. The Morgan fingerprint density at radius 1 is 1.67 bits per heavy atom. The lowest BCUT2D eigenvalue weighted by Gasteiger charge is -2.10. The molecule has 0 saturated heterocycles. The first-order valence-electron chi connectivity index (χ1n) is 4.40. The molecule has 0 spiro atoms. The van der Waals surface area contributed by atoms with Crippen molar-refractivity contribution in [3.63, 3.8) is 0 Å². The summed E-state index contributed by atoms with van der Waals surface area (Å²) in [6, 6.07) is 0.405. The quantitative estimate of drug-likeness (QED) is 0.742. The normalized spacial score (nSPS) is 19.5. The van der Waals surface area contributed by atoms with Gasteiger partial charge in [0.15, 0.2) is 5.89 Å². The van der Waals surface area contributed by atoms with Gasteiger partial charge < -0.3 is 9.73 Å². The minimum Gasteiger partial charge on any atom is -0.449 e. The predicted molar refractivity (Wildman–Crippen MR) is 45.8 cm³/mol. The van der Waals surface area contributed by atoms with Crippen LogP contribution in [-0.4, -0.2) is 12.0 Å². The molecule has 3 nitrogen and oxygen atoms in total. The van der Waals surface area contributed by atoms with Gasteiger partial charge in [-0.1, -0.05) is 0 Å². The number of rotatable bonds is 3. The molecule has 0 bridgehead atoms. The van der Waals surface area contributed by atoms with E-state index in [4.69, 9.17) is 4.42 Å². The smallest absolute Gasteiger partial charge is 0.191 e. The molecule has 0 aromatic carbocycles. The lowest BCUT2D eigenvalue weighted by atomic mass is 10.1. The van der Waals surface area contributed by atoms with Crippen LogP contribution in [0.5, 0.6) is 0 Å². The fourth-order valence-electron chi connectivity index (χ4n) is 1.58. The van der Waals surface area contributed by atoms with Crippen LogP contribution in [0.2, 0.25) is 0 Å². The van der Waals surface area contributed by atoms with Gasteiger partial charge in [0.1, 0.15) is 6.26 Å². The van der Waals surface area contributed by atoms with Crippen LogP contribution in [0.25, 0.3) is 0 Å². The number of nitrogens with zero attached hydrogens (tertiary/aromatic N) is 1. The van der Waals surface area contributed by atoms with Gasteiger partial charge in [-0.05, 0) is 25.8 Å². The summed E-state index contributed by atoms with van der Waals surface area (Å²) < 4.78 is 5.17. The van der Waals surface area contributed by atoms with E-state index in [9.17, 15) is 0 Å². The first kappa shape index (κ1) is 7.80. The number of hydrogen-bond acceptors (Lipinski definition) is 3. The molecule has 1 saturated carbocycles. The summed E-state index contributed by atoms with van der Waals surface area (Å²) in [4.78, 5) is 4.31. The number of hydrogen-bond donors (Lipinski definition) is 1. The van der Waals surface area contributed by atoms with E-state index in [0.29, 0.717) is 6.04 Å². The standard InChI is InChI=1S/C9H14N2O/c1-6-11-8(5-12-6)9(10-2)7-3-4-7/h5,7,9-10H,3-4H2,1-2H3. The zero-order chi connectivity index (χ0) is 8.55.